The molecule has 0 saturated heterocycles. The Morgan fingerprint density at radius 3 is 1.94 bits per heavy atom. The lowest BCUT2D eigenvalue weighted by Gasteiger charge is -2.39. The van der Waals surface area contributed by atoms with Crippen LogP contribution < -0.4 is 0 Å². The van der Waals surface area contributed by atoms with Gasteiger partial charge < -0.3 is 9.64 Å². The molecular formula is C14H27NO2. The molecule has 0 aromatic rings. The molecular weight excluding hydrogens is 214 g/mol. The molecule has 0 aliphatic heterocycles. The van der Waals surface area contributed by atoms with Crippen LogP contribution in [0.1, 0.15) is 48.5 Å². The highest BCUT2D eigenvalue weighted by Crippen LogP contribution is 2.28. The third kappa shape index (κ3) is 4.80. The van der Waals surface area contributed by atoms with E-state index in [4.69, 9.17) is 4.74 Å². The summed E-state index contributed by atoms with van der Waals surface area (Å²) in [6.07, 6.45) is 3.21. The highest BCUT2D eigenvalue weighted by molar-refractivity contribution is 5.81. The number of carbonyl (C=O) groups excluding carboxylic acids is 1. The quantitative estimate of drug-likeness (QED) is 0.560. The maximum absolute atomic E-state index is 12.2. The van der Waals surface area contributed by atoms with Crippen LogP contribution in [-0.4, -0.2) is 24.1 Å². The van der Waals surface area contributed by atoms with Crippen molar-refractivity contribution < 1.29 is 9.53 Å². The van der Waals surface area contributed by atoms with E-state index >= 15 is 0 Å². The van der Waals surface area contributed by atoms with Crippen molar-refractivity contribution in [1.82, 2.24) is 4.90 Å². The molecule has 17 heavy (non-hydrogen) atoms. The van der Waals surface area contributed by atoms with Crippen LogP contribution in [0.4, 0.5) is 0 Å². The maximum Gasteiger partial charge on any atom is 0.230 e. The van der Waals surface area contributed by atoms with Gasteiger partial charge in [-0.2, -0.15) is 0 Å². The fourth-order valence-corrected chi connectivity index (χ4v) is 1.66. The lowest BCUT2D eigenvalue weighted by molar-refractivity contribution is -0.155. The molecule has 0 rings (SSSR count). The Kier molecular flexibility index (Phi) is 5.24. The molecule has 0 spiro atoms. The first-order chi connectivity index (χ1) is 7.51. The minimum atomic E-state index is -0.391. The van der Waals surface area contributed by atoms with Crippen LogP contribution in [0.2, 0.25) is 0 Å². The first-order valence-corrected chi connectivity index (χ1v) is 6.05. The second-order valence-electron chi connectivity index (χ2n) is 6.49. The van der Waals surface area contributed by atoms with Gasteiger partial charge >= 0.3 is 0 Å². The number of amides is 1. The van der Waals surface area contributed by atoms with Gasteiger partial charge in [-0.3, -0.25) is 4.79 Å². The van der Waals surface area contributed by atoms with Crippen molar-refractivity contribution in [3.05, 3.63) is 12.3 Å². The standard InChI is InChI=1S/C14H27NO2/c1-9-10-17-12(14(5,6)7)15(8)11(16)13(2,3)4/h9-10,12H,1-8H3/b10-9+. The first-order valence-electron chi connectivity index (χ1n) is 6.05. The summed E-state index contributed by atoms with van der Waals surface area (Å²) in [6.45, 7) is 13.8. The predicted octanol–water partition coefficient (Wildman–Crippen LogP) is 3.41. The third-order valence-corrected chi connectivity index (χ3v) is 2.40. The number of allylic oxidation sites excluding steroid dienone is 1. The summed E-state index contributed by atoms with van der Waals surface area (Å²) < 4.78 is 5.66. The molecule has 3 heteroatoms. The lowest BCUT2D eigenvalue weighted by atomic mass is 9.90. The van der Waals surface area contributed by atoms with Crippen molar-refractivity contribution >= 4 is 5.91 Å². The highest BCUT2D eigenvalue weighted by Gasteiger charge is 2.36. The Labute approximate surface area is 106 Å². The molecule has 0 heterocycles. The molecule has 0 aromatic heterocycles. The van der Waals surface area contributed by atoms with Gasteiger partial charge in [-0.25, -0.2) is 0 Å². The molecule has 1 amide bonds. The van der Waals surface area contributed by atoms with E-state index in [1.807, 2.05) is 33.8 Å². The van der Waals surface area contributed by atoms with Gasteiger partial charge in [0.25, 0.3) is 0 Å². The van der Waals surface area contributed by atoms with E-state index in [0.717, 1.165) is 0 Å². The van der Waals surface area contributed by atoms with Crippen LogP contribution in [0.15, 0.2) is 12.3 Å². The number of hydrogen-bond acceptors (Lipinski definition) is 2. The topological polar surface area (TPSA) is 29.5 Å². The SMILES string of the molecule is C/C=C/OC(N(C)C(=O)C(C)(C)C)C(C)(C)C. The van der Waals surface area contributed by atoms with Crippen molar-refractivity contribution in [2.75, 3.05) is 7.05 Å². The summed E-state index contributed by atoms with van der Waals surface area (Å²) in [4.78, 5) is 13.9. The summed E-state index contributed by atoms with van der Waals surface area (Å²) in [7, 11) is 1.80. The monoisotopic (exact) mass is 241 g/mol. The van der Waals surface area contributed by atoms with E-state index in [1.165, 1.54) is 0 Å². The molecule has 0 fully saturated rings. The van der Waals surface area contributed by atoms with E-state index in [1.54, 1.807) is 18.2 Å². The van der Waals surface area contributed by atoms with E-state index < -0.39 is 5.41 Å². The van der Waals surface area contributed by atoms with Crippen molar-refractivity contribution in [2.45, 2.75) is 54.7 Å². The van der Waals surface area contributed by atoms with E-state index in [2.05, 4.69) is 20.8 Å². The molecule has 1 unspecified atom stereocenters. The molecule has 0 aliphatic rings. The van der Waals surface area contributed by atoms with Crippen molar-refractivity contribution in [3.8, 4) is 0 Å². The Bertz CT molecular complexity index is 282. The molecule has 1 atom stereocenters. The van der Waals surface area contributed by atoms with E-state index in [-0.39, 0.29) is 17.6 Å². The van der Waals surface area contributed by atoms with Crippen molar-refractivity contribution in [1.29, 1.82) is 0 Å². The Morgan fingerprint density at radius 1 is 1.18 bits per heavy atom. The predicted molar refractivity (Wildman–Crippen MR) is 71.4 cm³/mol. The third-order valence-electron chi connectivity index (χ3n) is 2.40. The van der Waals surface area contributed by atoms with Crippen LogP contribution >= 0.6 is 0 Å². The Morgan fingerprint density at radius 2 is 1.65 bits per heavy atom. The highest BCUT2D eigenvalue weighted by atomic mass is 16.5. The average Bonchev–Trinajstić information content (AvgIpc) is 2.13. The second-order valence-corrected chi connectivity index (χ2v) is 6.49. The van der Waals surface area contributed by atoms with Gasteiger partial charge in [-0.05, 0) is 6.92 Å². The van der Waals surface area contributed by atoms with Gasteiger partial charge in [0.15, 0.2) is 6.23 Å². The second kappa shape index (κ2) is 5.56. The van der Waals surface area contributed by atoms with Gasteiger partial charge in [0.05, 0.1) is 6.26 Å². The maximum atomic E-state index is 12.2. The van der Waals surface area contributed by atoms with Gasteiger partial charge in [-0.15, -0.1) is 0 Å². The number of nitrogens with zero attached hydrogens (tertiary/aromatic N) is 1. The van der Waals surface area contributed by atoms with Crippen LogP contribution in [0, 0.1) is 10.8 Å². The Hall–Kier alpha value is -0.990. The van der Waals surface area contributed by atoms with Crippen molar-refractivity contribution in [3.63, 3.8) is 0 Å². The molecule has 0 N–H and O–H groups in total. The zero-order valence-electron chi connectivity index (χ0n) is 12.5. The van der Waals surface area contributed by atoms with E-state index in [0.29, 0.717) is 0 Å². The summed E-state index contributed by atoms with van der Waals surface area (Å²) >= 11 is 0. The van der Waals surface area contributed by atoms with Crippen LogP contribution in [0.3, 0.4) is 0 Å². The molecule has 100 valence electrons. The molecule has 0 bridgehead atoms. The lowest BCUT2D eigenvalue weighted by Crippen LogP contribution is -2.49. The minimum absolute atomic E-state index is 0.0851. The van der Waals surface area contributed by atoms with Crippen LogP contribution in [-0.2, 0) is 9.53 Å². The summed E-state index contributed by atoms with van der Waals surface area (Å²) in [5.41, 5.74) is -0.521. The smallest absolute Gasteiger partial charge is 0.230 e. The fourth-order valence-electron chi connectivity index (χ4n) is 1.66. The van der Waals surface area contributed by atoms with Gasteiger partial charge in [0.2, 0.25) is 5.91 Å². The molecule has 0 saturated carbocycles. The number of hydrogen-bond donors (Lipinski definition) is 0. The Balaban J connectivity index is 5.00. The van der Waals surface area contributed by atoms with Crippen molar-refractivity contribution in [2.24, 2.45) is 10.8 Å². The normalized spacial score (nSPS) is 14.8. The van der Waals surface area contributed by atoms with Crippen LogP contribution in [0.25, 0.3) is 0 Å². The zero-order chi connectivity index (χ0) is 13.9. The van der Waals surface area contributed by atoms with Gasteiger partial charge in [-0.1, -0.05) is 47.6 Å². The molecule has 3 nitrogen and oxygen atoms in total. The van der Waals surface area contributed by atoms with Crippen LogP contribution in [0.5, 0.6) is 0 Å². The number of rotatable bonds is 3. The fraction of sp³-hybridized carbons (Fsp3) is 0.786. The van der Waals surface area contributed by atoms with Gasteiger partial charge in [0, 0.05) is 17.9 Å². The van der Waals surface area contributed by atoms with Gasteiger partial charge in [0.1, 0.15) is 0 Å². The largest absolute Gasteiger partial charge is 0.478 e. The summed E-state index contributed by atoms with van der Waals surface area (Å²) in [5.74, 6) is 0.0851. The first kappa shape index (κ1) is 16.0. The zero-order valence-corrected chi connectivity index (χ0v) is 12.5. The summed E-state index contributed by atoms with van der Waals surface area (Å²) in [6, 6.07) is 0. The molecule has 0 aromatic carbocycles. The molecule has 0 aliphatic carbocycles. The minimum Gasteiger partial charge on any atom is -0.478 e. The van der Waals surface area contributed by atoms with E-state index in [9.17, 15) is 4.79 Å². The molecule has 0 radical (unpaired) electrons. The number of ether oxygens (including phenoxy) is 1. The summed E-state index contributed by atoms with van der Waals surface area (Å²) in [5, 5.41) is 0. The number of carbonyl (C=O) groups is 1. The average molecular weight is 241 g/mol.